The van der Waals surface area contributed by atoms with Crippen molar-refractivity contribution in [3.05, 3.63) is 24.3 Å². The molecule has 0 saturated carbocycles. The first-order valence-electron chi connectivity index (χ1n) is 4.15. The van der Waals surface area contributed by atoms with Crippen molar-refractivity contribution in [1.82, 2.24) is 0 Å². The Labute approximate surface area is 68.5 Å². The van der Waals surface area contributed by atoms with E-state index in [1.54, 1.807) is 0 Å². The quantitative estimate of drug-likeness (QED) is 0.535. The van der Waals surface area contributed by atoms with Crippen LogP contribution in [0.5, 0.6) is 0 Å². The van der Waals surface area contributed by atoms with E-state index in [1.165, 1.54) is 5.71 Å². The van der Waals surface area contributed by atoms with Gasteiger partial charge in [-0.3, -0.25) is 4.99 Å². The third-order valence-electron chi connectivity index (χ3n) is 1.76. The fourth-order valence-corrected chi connectivity index (χ4v) is 1.16. The second kappa shape index (κ2) is 4.12. The molecule has 0 spiro atoms. The van der Waals surface area contributed by atoms with E-state index in [0.717, 1.165) is 18.9 Å². The second-order valence-electron chi connectivity index (χ2n) is 3.03. The first-order chi connectivity index (χ1) is 5.33. The largest absolute Gasteiger partial charge is 0.289 e. The van der Waals surface area contributed by atoms with Crippen LogP contribution < -0.4 is 0 Å². The lowest BCUT2D eigenvalue weighted by molar-refractivity contribution is 0.664. The number of rotatable bonds is 2. The third kappa shape index (κ3) is 2.71. The lowest BCUT2D eigenvalue weighted by Gasteiger charge is -1.93. The van der Waals surface area contributed by atoms with E-state index < -0.39 is 0 Å². The molecule has 0 aromatic rings. The van der Waals surface area contributed by atoms with E-state index in [0.29, 0.717) is 0 Å². The summed E-state index contributed by atoms with van der Waals surface area (Å²) in [6, 6.07) is 0. The van der Waals surface area contributed by atoms with Crippen LogP contribution in [0.2, 0.25) is 0 Å². The summed E-state index contributed by atoms with van der Waals surface area (Å²) in [7, 11) is 0. The highest BCUT2D eigenvalue weighted by molar-refractivity contribution is 5.96. The molecule has 0 N–H and O–H groups in total. The lowest BCUT2D eigenvalue weighted by atomic mass is 10.1. The van der Waals surface area contributed by atoms with Crippen molar-refractivity contribution in [2.24, 2.45) is 10.9 Å². The molecule has 11 heavy (non-hydrogen) atoms. The van der Waals surface area contributed by atoms with Gasteiger partial charge in [-0.05, 0) is 25.3 Å². The maximum absolute atomic E-state index is 4.38. The van der Waals surface area contributed by atoms with Crippen molar-refractivity contribution < 1.29 is 0 Å². The van der Waals surface area contributed by atoms with E-state index in [9.17, 15) is 0 Å². The summed E-state index contributed by atoms with van der Waals surface area (Å²) in [4.78, 5) is 4.38. The Morgan fingerprint density at radius 1 is 1.45 bits per heavy atom. The van der Waals surface area contributed by atoms with Gasteiger partial charge in [-0.15, -0.1) is 0 Å². The topological polar surface area (TPSA) is 12.4 Å². The normalized spacial score (nSPS) is 25.3. The van der Waals surface area contributed by atoms with Gasteiger partial charge < -0.3 is 0 Å². The minimum atomic E-state index is 0.750. The maximum Gasteiger partial charge on any atom is 0.0421 e. The standard InChI is InChI=1S/C10H15N/c1-3-4-5-6-10-7-9(2)8-11-10/h3-6,9H,7-8H2,1-2H3/b4-3+,6-5+/t9-/m0/s1. The molecule has 60 valence electrons. The molecule has 0 saturated heterocycles. The summed E-state index contributed by atoms with van der Waals surface area (Å²) < 4.78 is 0. The predicted molar refractivity (Wildman–Crippen MR) is 50.0 cm³/mol. The molecule has 1 aliphatic heterocycles. The Morgan fingerprint density at radius 2 is 2.27 bits per heavy atom. The summed E-state index contributed by atoms with van der Waals surface area (Å²) in [5.41, 5.74) is 1.25. The fraction of sp³-hybridized carbons (Fsp3) is 0.500. The van der Waals surface area contributed by atoms with Gasteiger partial charge in [0, 0.05) is 12.3 Å². The first-order valence-corrected chi connectivity index (χ1v) is 4.15. The smallest absolute Gasteiger partial charge is 0.0421 e. The molecule has 0 amide bonds. The molecule has 0 radical (unpaired) electrons. The fourth-order valence-electron chi connectivity index (χ4n) is 1.16. The molecule has 0 bridgehead atoms. The average molecular weight is 149 g/mol. The summed E-state index contributed by atoms with van der Waals surface area (Å²) >= 11 is 0. The van der Waals surface area contributed by atoms with Crippen molar-refractivity contribution in [1.29, 1.82) is 0 Å². The van der Waals surface area contributed by atoms with Gasteiger partial charge in [0.15, 0.2) is 0 Å². The lowest BCUT2D eigenvalue weighted by Crippen LogP contribution is -1.93. The van der Waals surface area contributed by atoms with Crippen molar-refractivity contribution in [2.45, 2.75) is 20.3 Å². The maximum atomic E-state index is 4.38. The van der Waals surface area contributed by atoms with Gasteiger partial charge in [0.2, 0.25) is 0 Å². The monoisotopic (exact) mass is 149 g/mol. The number of hydrogen-bond acceptors (Lipinski definition) is 1. The first kappa shape index (κ1) is 8.25. The van der Waals surface area contributed by atoms with E-state index in [4.69, 9.17) is 0 Å². The van der Waals surface area contributed by atoms with Crippen molar-refractivity contribution in [3.8, 4) is 0 Å². The van der Waals surface area contributed by atoms with Crippen LogP contribution in [0.25, 0.3) is 0 Å². The van der Waals surface area contributed by atoms with Crippen molar-refractivity contribution >= 4 is 5.71 Å². The average Bonchev–Trinajstić information content (AvgIpc) is 2.37. The van der Waals surface area contributed by atoms with E-state index >= 15 is 0 Å². The minimum Gasteiger partial charge on any atom is -0.289 e. The van der Waals surface area contributed by atoms with Crippen LogP contribution in [0.4, 0.5) is 0 Å². The zero-order chi connectivity index (χ0) is 8.10. The molecule has 1 heterocycles. The Bertz CT molecular complexity index is 199. The van der Waals surface area contributed by atoms with Crippen LogP contribution in [0, 0.1) is 5.92 Å². The third-order valence-corrected chi connectivity index (χ3v) is 1.76. The SMILES string of the molecule is C/C=C/C=C/C1=NC[C@@H](C)C1. The molecule has 0 aromatic carbocycles. The summed E-state index contributed by atoms with van der Waals surface area (Å²) in [5, 5.41) is 0. The number of nitrogens with zero attached hydrogens (tertiary/aromatic N) is 1. The van der Waals surface area contributed by atoms with Gasteiger partial charge in [-0.2, -0.15) is 0 Å². The molecule has 1 aliphatic rings. The molecule has 0 unspecified atom stereocenters. The van der Waals surface area contributed by atoms with Crippen molar-refractivity contribution in [3.63, 3.8) is 0 Å². The zero-order valence-electron chi connectivity index (χ0n) is 7.25. The van der Waals surface area contributed by atoms with Gasteiger partial charge >= 0.3 is 0 Å². The molecule has 1 heteroatoms. The number of aliphatic imine (C=N–C) groups is 1. The highest BCUT2D eigenvalue weighted by Gasteiger charge is 2.10. The van der Waals surface area contributed by atoms with Crippen LogP contribution in [0.15, 0.2) is 29.3 Å². The number of allylic oxidation sites excluding steroid dienone is 4. The van der Waals surface area contributed by atoms with Gasteiger partial charge in [0.25, 0.3) is 0 Å². The van der Waals surface area contributed by atoms with E-state index in [1.807, 2.05) is 19.1 Å². The summed E-state index contributed by atoms with van der Waals surface area (Å²) in [6.45, 7) is 5.26. The van der Waals surface area contributed by atoms with Gasteiger partial charge in [0.05, 0.1) is 0 Å². The molecule has 1 nitrogen and oxygen atoms in total. The molecule has 0 aliphatic carbocycles. The Balaban J connectivity index is 2.39. The zero-order valence-corrected chi connectivity index (χ0v) is 7.25. The highest BCUT2D eigenvalue weighted by atomic mass is 14.8. The second-order valence-corrected chi connectivity index (χ2v) is 3.03. The van der Waals surface area contributed by atoms with E-state index in [2.05, 4.69) is 24.1 Å². The van der Waals surface area contributed by atoms with Crippen LogP contribution >= 0.6 is 0 Å². The van der Waals surface area contributed by atoms with Gasteiger partial charge in [-0.1, -0.05) is 25.2 Å². The molecule has 1 rings (SSSR count). The van der Waals surface area contributed by atoms with E-state index in [-0.39, 0.29) is 0 Å². The highest BCUT2D eigenvalue weighted by Crippen LogP contribution is 2.12. The Hall–Kier alpha value is -0.850. The number of hydrogen-bond donors (Lipinski definition) is 0. The Morgan fingerprint density at radius 3 is 2.82 bits per heavy atom. The molecular formula is C10H15N. The van der Waals surface area contributed by atoms with Crippen molar-refractivity contribution in [2.75, 3.05) is 6.54 Å². The summed E-state index contributed by atoms with van der Waals surface area (Å²) in [5.74, 6) is 0.750. The predicted octanol–water partition coefficient (Wildman–Crippen LogP) is 2.60. The van der Waals surface area contributed by atoms with Crippen LogP contribution in [-0.4, -0.2) is 12.3 Å². The Kier molecular flexibility index (Phi) is 3.09. The van der Waals surface area contributed by atoms with Crippen LogP contribution in [0.3, 0.4) is 0 Å². The summed E-state index contributed by atoms with van der Waals surface area (Å²) in [6.07, 6.45) is 9.36. The molecular weight excluding hydrogens is 134 g/mol. The van der Waals surface area contributed by atoms with Crippen LogP contribution in [0.1, 0.15) is 20.3 Å². The van der Waals surface area contributed by atoms with Gasteiger partial charge in [0.1, 0.15) is 0 Å². The van der Waals surface area contributed by atoms with Crippen LogP contribution in [-0.2, 0) is 0 Å². The molecule has 0 aromatic heterocycles. The molecule has 1 atom stereocenters. The van der Waals surface area contributed by atoms with Gasteiger partial charge in [-0.25, -0.2) is 0 Å². The minimum absolute atomic E-state index is 0.750. The molecule has 0 fully saturated rings.